The molecule has 0 aliphatic heterocycles. The number of thioether (sulfide) groups is 1. The minimum Gasteiger partial charge on any atom is -0.322 e. The summed E-state index contributed by atoms with van der Waals surface area (Å²) in [6.45, 7) is 1.88. The molecule has 0 aliphatic rings. The number of benzene rings is 3. The van der Waals surface area contributed by atoms with E-state index in [-0.39, 0.29) is 11.8 Å². The quantitative estimate of drug-likeness (QED) is 0.394. The maximum atomic E-state index is 12.8. The van der Waals surface area contributed by atoms with Crippen LogP contribution < -0.4 is 10.6 Å². The van der Waals surface area contributed by atoms with Crippen LogP contribution in [0, 0.1) is 18.3 Å². The van der Waals surface area contributed by atoms with E-state index in [1.54, 1.807) is 36.4 Å². The SMILES string of the molecule is Cc1ccc(C(=O)Nc2ccccc2SCCC#N)cc1NC(=O)c1ccccc1. The van der Waals surface area contributed by atoms with Crippen molar-refractivity contribution in [3.05, 3.63) is 89.5 Å². The van der Waals surface area contributed by atoms with E-state index in [1.807, 2.05) is 43.3 Å². The molecule has 0 aliphatic carbocycles. The summed E-state index contributed by atoms with van der Waals surface area (Å²) in [6, 6.07) is 23.8. The molecule has 3 aromatic rings. The van der Waals surface area contributed by atoms with Crippen LogP contribution in [0.4, 0.5) is 11.4 Å². The Labute approximate surface area is 180 Å². The van der Waals surface area contributed by atoms with Crippen molar-refractivity contribution in [1.82, 2.24) is 0 Å². The first-order valence-corrected chi connectivity index (χ1v) is 10.4. The number of nitriles is 1. The third-order valence-electron chi connectivity index (χ3n) is 4.39. The smallest absolute Gasteiger partial charge is 0.255 e. The van der Waals surface area contributed by atoms with Crippen molar-refractivity contribution in [2.45, 2.75) is 18.2 Å². The first-order valence-electron chi connectivity index (χ1n) is 9.45. The van der Waals surface area contributed by atoms with Crippen molar-refractivity contribution in [1.29, 1.82) is 5.26 Å². The van der Waals surface area contributed by atoms with Gasteiger partial charge in [0.25, 0.3) is 11.8 Å². The Morgan fingerprint density at radius 1 is 0.867 bits per heavy atom. The molecular formula is C24H21N3O2S. The molecule has 2 amide bonds. The molecule has 0 aromatic heterocycles. The zero-order valence-corrected chi connectivity index (χ0v) is 17.3. The summed E-state index contributed by atoms with van der Waals surface area (Å²) >= 11 is 1.53. The van der Waals surface area contributed by atoms with Crippen LogP contribution in [0.2, 0.25) is 0 Å². The van der Waals surface area contributed by atoms with Gasteiger partial charge in [-0.15, -0.1) is 11.8 Å². The summed E-state index contributed by atoms with van der Waals surface area (Å²) in [5, 5.41) is 14.5. The van der Waals surface area contributed by atoms with Crippen LogP contribution in [-0.2, 0) is 0 Å². The fourth-order valence-corrected chi connectivity index (χ4v) is 3.64. The Balaban J connectivity index is 1.75. The number of hydrogen-bond acceptors (Lipinski definition) is 4. The fourth-order valence-electron chi connectivity index (χ4n) is 2.78. The van der Waals surface area contributed by atoms with Crippen molar-refractivity contribution in [2.24, 2.45) is 0 Å². The number of rotatable bonds is 7. The van der Waals surface area contributed by atoms with Crippen LogP contribution in [0.3, 0.4) is 0 Å². The second kappa shape index (κ2) is 10.3. The lowest BCUT2D eigenvalue weighted by Gasteiger charge is -2.13. The van der Waals surface area contributed by atoms with Gasteiger partial charge in [0.05, 0.1) is 11.8 Å². The van der Waals surface area contributed by atoms with E-state index in [9.17, 15) is 9.59 Å². The van der Waals surface area contributed by atoms with E-state index in [1.165, 1.54) is 11.8 Å². The van der Waals surface area contributed by atoms with Gasteiger partial charge < -0.3 is 10.6 Å². The highest BCUT2D eigenvalue weighted by atomic mass is 32.2. The van der Waals surface area contributed by atoms with E-state index in [0.29, 0.717) is 34.7 Å². The lowest BCUT2D eigenvalue weighted by atomic mass is 10.1. The van der Waals surface area contributed by atoms with Gasteiger partial charge in [-0.1, -0.05) is 36.4 Å². The molecule has 0 radical (unpaired) electrons. The number of amides is 2. The average Bonchev–Trinajstić information content (AvgIpc) is 2.77. The van der Waals surface area contributed by atoms with Crippen LogP contribution in [0.5, 0.6) is 0 Å². The number of hydrogen-bond donors (Lipinski definition) is 2. The Kier molecular flexibility index (Phi) is 7.25. The molecular weight excluding hydrogens is 394 g/mol. The van der Waals surface area contributed by atoms with Crippen LogP contribution in [0.1, 0.15) is 32.7 Å². The van der Waals surface area contributed by atoms with Gasteiger partial charge in [-0.2, -0.15) is 5.26 Å². The summed E-state index contributed by atoms with van der Waals surface area (Å²) < 4.78 is 0. The first-order chi connectivity index (χ1) is 14.6. The summed E-state index contributed by atoms with van der Waals surface area (Å²) in [7, 11) is 0. The molecule has 150 valence electrons. The Morgan fingerprint density at radius 2 is 1.53 bits per heavy atom. The lowest BCUT2D eigenvalue weighted by molar-refractivity contribution is 0.101. The fraction of sp³-hybridized carbons (Fsp3) is 0.125. The summed E-state index contributed by atoms with van der Waals surface area (Å²) in [4.78, 5) is 26.2. The topological polar surface area (TPSA) is 82.0 Å². The molecule has 30 heavy (non-hydrogen) atoms. The van der Waals surface area contributed by atoms with Gasteiger partial charge in [0, 0.05) is 33.9 Å². The molecule has 0 unspecified atom stereocenters. The van der Waals surface area contributed by atoms with Crippen molar-refractivity contribution >= 4 is 35.0 Å². The van der Waals surface area contributed by atoms with Crippen LogP contribution in [0.15, 0.2) is 77.7 Å². The highest BCUT2D eigenvalue weighted by molar-refractivity contribution is 7.99. The second-order valence-electron chi connectivity index (χ2n) is 6.56. The molecule has 0 atom stereocenters. The number of para-hydroxylation sites is 1. The van der Waals surface area contributed by atoms with Crippen molar-refractivity contribution in [3.8, 4) is 6.07 Å². The molecule has 3 rings (SSSR count). The molecule has 0 fully saturated rings. The predicted molar refractivity (Wildman–Crippen MR) is 121 cm³/mol. The number of carbonyl (C=O) groups is 2. The van der Waals surface area contributed by atoms with Crippen LogP contribution in [0.25, 0.3) is 0 Å². The zero-order chi connectivity index (χ0) is 21.3. The van der Waals surface area contributed by atoms with Crippen LogP contribution in [-0.4, -0.2) is 17.6 Å². The number of nitrogens with zero attached hydrogens (tertiary/aromatic N) is 1. The molecule has 0 spiro atoms. The number of nitrogens with one attached hydrogen (secondary N) is 2. The Bertz CT molecular complexity index is 1090. The monoisotopic (exact) mass is 415 g/mol. The molecule has 0 bridgehead atoms. The largest absolute Gasteiger partial charge is 0.322 e. The predicted octanol–water partition coefficient (Wildman–Crippen LogP) is 5.51. The molecule has 0 saturated heterocycles. The van der Waals surface area contributed by atoms with Crippen LogP contribution >= 0.6 is 11.8 Å². The molecule has 5 nitrogen and oxygen atoms in total. The zero-order valence-electron chi connectivity index (χ0n) is 16.5. The van der Waals surface area contributed by atoms with Gasteiger partial charge in [0.1, 0.15) is 0 Å². The third-order valence-corrected chi connectivity index (χ3v) is 5.47. The minimum absolute atomic E-state index is 0.226. The van der Waals surface area contributed by atoms with E-state index >= 15 is 0 Å². The summed E-state index contributed by atoms with van der Waals surface area (Å²) in [5.74, 6) is 0.165. The number of carbonyl (C=O) groups excluding carboxylic acids is 2. The highest BCUT2D eigenvalue weighted by Gasteiger charge is 2.13. The second-order valence-corrected chi connectivity index (χ2v) is 7.69. The van der Waals surface area contributed by atoms with E-state index in [2.05, 4.69) is 16.7 Å². The maximum absolute atomic E-state index is 12.8. The molecule has 0 heterocycles. The number of anilines is 2. The van der Waals surface area contributed by atoms with Gasteiger partial charge in [-0.3, -0.25) is 9.59 Å². The van der Waals surface area contributed by atoms with Gasteiger partial charge in [0.15, 0.2) is 0 Å². The number of aryl methyl sites for hydroxylation is 1. The van der Waals surface area contributed by atoms with Gasteiger partial charge in [-0.05, 0) is 48.9 Å². The average molecular weight is 416 g/mol. The Morgan fingerprint density at radius 3 is 2.30 bits per heavy atom. The molecule has 0 saturated carbocycles. The molecule has 3 aromatic carbocycles. The van der Waals surface area contributed by atoms with Crippen molar-refractivity contribution in [2.75, 3.05) is 16.4 Å². The van der Waals surface area contributed by atoms with E-state index in [0.717, 1.165) is 10.5 Å². The molecule has 6 heteroatoms. The van der Waals surface area contributed by atoms with Gasteiger partial charge in [0.2, 0.25) is 0 Å². The van der Waals surface area contributed by atoms with Crippen molar-refractivity contribution < 1.29 is 9.59 Å². The highest BCUT2D eigenvalue weighted by Crippen LogP contribution is 2.28. The standard InChI is InChI=1S/C24H21N3O2S/c1-17-12-13-19(16-21(17)27-23(28)18-8-3-2-4-9-18)24(29)26-20-10-5-6-11-22(20)30-15-7-14-25/h2-6,8-13,16H,7,15H2,1H3,(H,26,29)(H,27,28). The van der Waals surface area contributed by atoms with E-state index in [4.69, 9.17) is 5.26 Å². The normalized spacial score (nSPS) is 10.1. The summed E-state index contributed by atoms with van der Waals surface area (Å²) in [5.41, 5.74) is 3.15. The minimum atomic E-state index is -0.265. The van der Waals surface area contributed by atoms with Gasteiger partial charge in [-0.25, -0.2) is 0 Å². The maximum Gasteiger partial charge on any atom is 0.255 e. The van der Waals surface area contributed by atoms with Gasteiger partial charge >= 0.3 is 0 Å². The summed E-state index contributed by atoms with van der Waals surface area (Å²) in [6.07, 6.45) is 0.440. The first kappa shape index (κ1) is 21.2. The Hall–Kier alpha value is -3.56. The van der Waals surface area contributed by atoms with Crippen molar-refractivity contribution in [3.63, 3.8) is 0 Å². The van der Waals surface area contributed by atoms with E-state index < -0.39 is 0 Å². The lowest BCUT2D eigenvalue weighted by Crippen LogP contribution is -2.15. The molecule has 2 N–H and O–H groups in total. The third kappa shape index (κ3) is 5.49.